The van der Waals surface area contributed by atoms with Gasteiger partial charge in [-0.1, -0.05) is 17.4 Å². The van der Waals surface area contributed by atoms with Crippen molar-refractivity contribution in [2.45, 2.75) is 12.8 Å². The number of hydrogen-bond donors (Lipinski definition) is 1. The van der Waals surface area contributed by atoms with E-state index < -0.39 is 5.97 Å². The summed E-state index contributed by atoms with van der Waals surface area (Å²) in [7, 11) is 0. The molecule has 0 aliphatic carbocycles. The van der Waals surface area contributed by atoms with Crippen LogP contribution in [0, 0.1) is 0 Å². The topological polar surface area (TPSA) is 65.3 Å². The summed E-state index contributed by atoms with van der Waals surface area (Å²) in [5, 5.41) is 18.8. The SMILES string of the molecule is O=C(O)c1ccccc1N=NN1CCCC1. The second-order valence-corrected chi connectivity index (χ2v) is 3.67. The average molecular weight is 219 g/mol. The van der Waals surface area contributed by atoms with Crippen LogP contribution in [0.4, 0.5) is 5.69 Å². The van der Waals surface area contributed by atoms with E-state index in [-0.39, 0.29) is 5.56 Å². The molecule has 1 aromatic rings. The molecule has 0 atom stereocenters. The first kappa shape index (κ1) is 10.6. The van der Waals surface area contributed by atoms with Gasteiger partial charge in [0.25, 0.3) is 0 Å². The minimum Gasteiger partial charge on any atom is -0.478 e. The van der Waals surface area contributed by atoms with Gasteiger partial charge in [-0.15, -0.1) is 5.11 Å². The standard InChI is InChI=1S/C11H13N3O2/c15-11(16)9-5-1-2-6-10(9)12-13-14-7-3-4-8-14/h1-2,5-6H,3-4,7-8H2,(H,15,16). The molecule has 1 aliphatic heterocycles. The summed E-state index contributed by atoms with van der Waals surface area (Å²) in [6.45, 7) is 1.80. The first-order chi connectivity index (χ1) is 7.77. The summed E-state index contributed by atoms with van der Waals surface area (Å²) in [5.74, 6) is -0.976. The van der Waals surface area contributed by atoms with Gasteiger partial charge in [0, 0.05) is 13.1 Å². The van der Waals surface area contributed by atoms with Crippen LogP contribution in [0.15, 0.2) is 34.6 Å². The van der Waals surface area contributed by atoms with Gasteiger partial charge in [0.15, 0.2) is 0 Å². The molecule has 0 unspecified atom stereocenters. The van der Waals surface area contributed by atoms with Crippen LogP contribution in [-0.4, -0.2) is 29.2 Å². The van der Waals surface area contributed by atoms with Crippen LogP contribution in [0.1, 0.15) is 23.2 Å². The van der Waals surface area contributed by atoms with Gasteiger partial charge >= 0.3 is 5.97 Å². The smallest absolute Gasteiger partial charge is 0.337 e. The van der Waals surface area contributed by atoms with E-state index in [4.69, 9.17) is 5.11 Å². The number of aromatic carboxylic acids is 1. The third-order valence-electron chi connectivity index (χ3n) is 2.50. The Balaban J connectivity index is 2.16. The zero-order valence-electron chi connectivity index (χ0n) is 8.83. The fourth-order valence-electron chi connectivity index (χ4n) is 1.64. The summed E-state index contributed by atoms with van der Waals surface area (Å²) in [5.41, 5.74) is 0.590. The van der Waals surface area contributed by atoms with Gasteiger partial charge in [-0.05, 0) is 25.0 Å². The van der Waals surface area contributed by atoms with Crippen molar-refractivity contribution < 1.29 is 9.90 Å². The van der Waals surface area contributed by atoms with Gasteiger partial charge in [0.05, 0.1) is 5.56 Å². The van der Waals surface area contributed by atoms with Crippen LogP contribution in [0.2, 0.25) is 0 Å². The van der Waals surface area contributed by atoms with Crippen molar-refractivity contribution in [2.75, 3.05) is 13.1 Å². The molecule has 1 N–H and O–H groups in total. The molecule has 16 heavy (non-hydrogen) atoms. The van der Waals surface area contributed by atoms with Crippen molar-refractivity contribution in [3.8, 4) is 0 Å². The lowest BCUT2D eigenvalue weighted by molar-refractivity contribution is 0.0697. The van der Waals surface area contributed by atoms with Crippen LogP contribution in [0.25, 0.3) is 0 Å². The van der Waals surface area contributed by atoms with Gasteiger partial charge in [0.2, 0.25) is 0 Å². The largest absolute Gasteiger partial charge is 0.478 e. The maximum Gasteiger partial charge on any atom is 0.337 e. The predicted octanol–water partition coefficient (Wildman–Crippen LogP) is 2.48. The maximum absolute atomic E-state index is 10.9. The van der Waals surface area contributed by atoms with Crippen LogP contribution in [-0.2, 0) is 0 Å². The third kappa shape index (κ3) is 2.36. The zero-order valence-corrected chi connectivity index (χ0v) is 8.83. The zero-order chi connectivity index (χ0) is 11.4. The molecule has 0 saturated carbocycles. The Labute approximate surface area is 93.4 Å². The molecule has 1 aromatic carbocycles. The molecular weight excluding hydrogens is 206 g/mol. The lowest BCUT2D eigenvalue weighted by Gasteiger charge is -2.07. The number of benzene rings is 1. The molecule has 5 nitrogen and oxygen atoms in total. The predicted molar refractivity (Wildman–Crippen MR) is 58.7 cm³/mol. The Morgan fingerprint density at radius 2 is 1.94 bits per heavy atom. The Hall–Kier alpha value is -1.91. The summed E-state index contributed by atoms with van der Waals surface area (Å²) in [4.78, 5) is 10.9. The lowest BCUT2D eigenvalue weighted by atomic mass is 10.2. The molecule has 2 rings (SSSR count). The first-order valence-corrected chi connectivity index (χ1v) is 5.26. The number of nitrogens with zero attached hydrogens (tertiary/aromatic N) is 3. The van der Waals surface area contributed by atoms with Crippen molar-refractivity contribution in [2.24, 2.45) is 10.3 Å². The van der Waals surface area contributed by atoms with E-state index in [1.54, 1.807) is 18.2 Å². The average Bonchev–Trinajstić information content (AvgIpc) is 2.79. The molecule has 1 aliphatic rings. The van der Waals surface area contributed by atoms with E-state index >= 15 is 0 Å². The van der Waals surface area contributed by atoms with Crippen molar-refractivity contribution in [3.05, 3.63) is 29.8 Å². The summed E-state index contributed by atoms with van der Waals surface area (Å²) in [6, 6.07) is 6.62. The lowest BCUT2D eigenvalue weighted by Crippen LogP contribution is -2.09. The summed E-state index contributed by atoms with van der Waals surface area (Å²) in [6.07, 6.45) is 2.25. The van der Waals surface area contributed by atoms with Crippen LogP contribution < -0.4 is 0 Å². The van der Waals surface area contributed by atoms with E-state index in [9.17, 15) is 4.79 Å². The second kappa shape index (κ2) is 4.74. The first-order valence-electron chi connectivity index (χ1n) is 5.26. The molecule has 84 valence electrons. The molecule has 0 spiro atoms. The van der Waals surface area contributed by atoms with Gasteiger partial charge in [-0.25, -0.2) is 4.79 Å². The van der Waals surface area contributed by atoms with Gasteiger partial charge in [0.1, 0.15) is 5.69 Å². The minimum absolute atomic E-state index is 0.186. The van der Waals surface area contributed by atoms with Crippen LogP contribution >= 0.6 is 0 Å². The summed E-state index contributed by atoms with van der Waals surface area (Å²) < 4.78 is 0. The van der Waals surface area contributed by atoms with Crippen LogP contribution in [0.5, 0.6) is 0 Å². The van der Waals surface area contributed by atoms with Crippen molar-refractivity contribution in [1.29, 1.82) is 0 Å². The fourth-order valence-corrected chi connectivity index (χ4v) is 1.64. The second-order valence-electron chi connectivity index (χ2n) is 3.67. The van der Waals surface area contributed by atoms with Gasteiger partial charge in [-0.3, -0.25) is 5.01 Å². The van der Waals surface area contributed by atoms with Gasteiger partial charge < -0.3 is 5.11 Å². The number of hydrogen-bond acceptors (Lipinski definition) is 3. The van der Waals surface area contributed by atoms with E-state index in [0.717, 1.165) is 25.9 Å². The van der Waals surface area contributed by atoms with E-state index in [1.165, 1.54) is 6.07 Å². The summed E-state index contributed by atoms with van der Waals surface area (Å²) >= 11 is 0. The Morgan fingerprint density at radius 3 is 2.62 bits per heavy atom. The fraction of sp³-hybridized carbons (Fsp3) is 0.364. The van der Waals surface area contributed by atoms with Gasteiger partial charge in [-0.2, -0.15) is 0 Å². The molecule has 5 heteroatoms. The molecule has 0 bridgehead atoms. The Morgan fingerprint density at radius 1 is 1.25 bits per heavy atom. The molecule has 0 radical (unpaired) electrons. The van der Waals surface area contributed by atoms with Crippen LogP contribution in [0.3, 0.4) is 0 Å². The minimum atomic E-state index is -0.976. The normalized spacial score (nSPS) is 15.9. The van der Waals surface area contributed by atoms with E-state index in [2.05, 4.69) is 10.3 Å². The van der Waals surface area contributed by atoms with Crippen molar-refractivity contribution in [1.82, 2.24) is 5.01 Å². The highest BCUT2D eigenvalue weighted by atomic mass is 16.4. The quantitative estimate of drug-likeness (QED) is 0.794. The molecule has 1 saturated heterocycles. The monoisotopic (exact) mass is 219 g/mol. The number of carboxylic acid groups (broad SMARTS) is 1. The van der Waals surface area contributed by atoms with E-state index in [1.807, 2.05) is 5.01 Å². The molecular formula is C11H13N3O2. The van der Waals surface area contributed by atoms with E-state index in [0.29, 0.717) is 5.69 Å². The highest BCUT2D eigenvalue weighted by Gasteiger charge is 2.11. The molecule has 0 amide bonds. The number of carbonyl (C=O) groups is 1. The highest BCUT2D eigenvalue weighted by Crippen LogP contribution is 2.20. The third-order valence-corrected chi connectivity index (χ3v) is 2.50. The number of carboxylic acids is 1. The molecule has 1 heterocycles. The number of rotatable bonds is 3. The van der Waals surface area contributed by atoms with Crippen molar-refractivity contribution in [3.63, 3.8) is 0 Å². The highest BCUT2D eigenvalue weighted by molar-refractivity contribution is 5.93. The molecule has 1 fully saturated rings. The van der Waals surface area contributed by atoms with Crippen molar-refractivity contribution >= 4 is 11.7 Å². The Kier molecular flexibility index (Phi) is 3.14. The molecule has 0 aromatic heterocycles. The Bertz CT molecular complexity index is 411. The maximum atomic E-state index is 10.9.